The topological polar surface area (TPSA) is 97.0 Å². The van der Waals surface area contributed by atoms with E-state index in [-0.39, 0.29) is 30.3 Å². The molecule has 2 N–H and O–H groups in total. The number of methoxy groups -OCH3 is 1. The summed E-state index contributed by atoms with van der Waals surface area (Å²) in [6, 6.07) is 16.0. The molecule has 0 aromatic heterocycles. The molecule has 2 aromatic carbocycles. The number of rotatable bonds is 7. The minimum Gasteiger partial charge on any atom is -0.497 e. The normalized spacial score (nSPS) is 29.8. The third-order valence-electron chi connectivity index (χ3n) is 8.41. The minimum atomic E-state index is -1.17. The number of ether oxygens (including phenoxy) is 2. The highest BCUT2D eigenvalue weighted by molar-refractivity contribution is 6.02. The van der Waals surface area contributed by atoms with Crippen LogP contribution in [-0.2, 0) is 25.7 Å². The van der Waals surface area contributed by atoms with Gasteiger partial charge in [0.15, 0.2) is 0 Å². The Labute approximate surface area is 222 Å². The van der Waals surface area contributed by atoms with Crippen LogP contribution >= 0.6 is 0 Å². The first kappa shape index (κ1) is 24.7. The van der Waals surface area contributed by atoms with E-state index in [1.165, 1.54) is 6.42 Å². The van der Waals surface area contributed by atoms with Crippen LogP contribution < -0.4 is 15.4 Å². The van der Waals surface area contributed by atoms with Crippen LogP contribution in [0.5, 0.6) is 5.75 Å². The summed E-state index contributed by atoms with van der Waals surface area (Å²) in [6.07, 6.45) is 8.34. The van der Waals surface area contributed by atoms with Gasteiger partial charge in [0, 0.05) is 24.3 Å². The van der Waals surface area contributed by atoms with Crippen LogP contribution in [0.3, 0.4) is 0 Å². The number of hydrogen-bond acceptors (Lipinski definition) is 5. The molecule has 4 aliphatic rings. The predicted octanol–water partition coefficient (Wildman–Crippen LogP) is 3.43. The van der Waals surface area contributed by atoms with Crippen LogP contribution in [0.2, 0.25) is 0 Å². The van der Waals surface area contributed by atoms with Crippen molar-refractivity contribution < 1.29 is 23.9 Å². The summed E-state index contributed by atoms with van der Waals surface area (Å²) in [6.45, 7) is 0.271. The molecular weight excluding hydrogens is 482 g/mol. The molecule has 198 valence electrons. The van der Waals surface area contributed by atoms with Gasteiger partial charge in [-0.25, -0.2) is 0 Å². The first-order valence-corrected chi connectivity index (χ1v) is 13.5. The zero-order valence-corrected chi connectivity index (χ0v) is 21.5. The van der Waals surface area contributed by atoms with Crippen LogP contribution in [-0.4, -0.2) is 53.5 Å². The fourth-order valence-corrected chi connectivity index (χ4v) is 6.67. The number of hydrogen-bond donors (Lipinski definition) is 2. The van der Waals surface area contributed by atoms with Crippen LogP contribution in [0, 0.1) is 11.8 Å². The molecule has 1 aliphatic carbocycles. The highest BCUT2D eigenvalue weighted by atomic mass is 16.5. The molecule has 2 saturated heterocycles. The number of anilines is 1. The van der Waals surface area contributed by atoms with Crippen molar-refractivity contribution in [2.75, 3.05) is 12.4 Å². The maximum Gasteiger partial charge on any atom is 0.246 e. The van der Waals surface area contributed by atoms with E-state index < -0.39 is 29.6 Å². The maximum absolute atomic E-state index is 14.1. The quantitative estimate of drug-likeness (QED) is 0.551. The molecule has 38 heavy (non-hydrogen) atoms. The number of fused-ring (bicyclic) bond motifs is 1. The van der Waals surface area contributed by atoms with Crippen molar-refractivity contribution in [1.29, 1.82) is 0 Å². The van der Waals surface area contributed by atoms with Crippen molar-refractivity contribution in [3.05, 3.63) is 72.3 Å². The van der Waals surface area contributed by atoms with Gasteiger partial charge >= 0.3 is 0 Å². The molecule has 0 radical (unpaired) electrons. The summed E-state index contributed by atoms with van der Waals surface area (Å²) >= 11 is 0. The number of carbonyl (C=O) groups excluding carboxylic acids is 3. The monoisotopic (exact) mass is 515 g/mol. The summed E-state index contributed by atoms with van der Waals surface area (Å²) in [5, 5.41) is 6.17. The van der Waals surface area contributed by atoms with Crippen LogP contribution in [0.15, 0.2) is 66.7 Å². The van der Waals surface area contributed by atoms with E-state index in [9.17, 15) is 14.4 Å². The van der Waals surface area contributed by atoms with Crippen molar-refractivity contribution in [2.24, 2.45) is 11.8 Å². The first-order valence-electron chi connectivity index (χ1n) is 13.5. The molecule has 3 aliphatic heterocycles. The highest BCUT2D eigenvalue weighted by Crippen LogP contribution is 2.55. The van der Waals surface area contributed by atoms with Gasteiger partial charge in [0.2, 0.25) is 17.7 Å². The lowest BCUT2D eigenvalue weighted by Crippen LogP contribution is -2.56. The van der Waals surface area contributed by atoms with Crippen molar-refractivity contribution in [2.45, 2.75) is 62.4 Å². The molecule has 1 spiro atoms. The predicted molar refractivity (Wildman–Crippen MR) is 141 cm³/mol. The van der Waals surface area contributed by atoms with E-state index in [2.05, 4.69) is 10.6 Å². The summed E-state index contributed by atoms with van der Waals surface area (Å²) < 4.78 is 11.7. The second-order valence-corrected chi connectivity index (χ2v) is 10.7. The van der Waals surface area contributed by atoms with Gasteiger partial charge in [0.1, 0.15) is 17.4 Å². The van der Waals surface area contributed by atoms with E-state index >= 15 is 0 Å². The fraction of sp³-hybridized carbons (Fsp3) is 0.433. The smallest absolute Gasteiger partial charge is 0.246 e. The number of likely N-dealkylation sites (tertiary alicyclic amines) is 1. The van der Waals surface area contributed by atoms with E-state index in [1.54, 1.807) is 36.3 Å². The summed E-state index contributed by atoms with van der Waals surface area (Å²) in [5.74, 6) is -1.65. The van der Waals surface area contributed by atoms with Gasteiger partial charge in [-0.15, -0.1) is 0 Å². The Morgan fingerprint density at radius 2 is 1.84 bits per heavy atom. The zero-order valence-electron chi connectivity index (χ0n) is 21.5. The van der Waals surface area contributed by atoms with Crippen molar-refractivity contribution >= 4 is 23.4 Å². The lowest BCUT2D eigenvalue weighted by atomic mass is 9.74. The lowest BCUT2D eigenvalue weighted by Gasteiger charge is -2.34. The molecule has 8 heteroatoms. The van der Waals surface area contributed by atoms with Crippen molar-refractivity contribution in [3.63, 3.8) is 0 Å². The van der Waals surface area contributed by atoms with E-state index in [4.69, 9.17) is 9.47 Å². The van der Waals surface area contributed by atoms with E-state index in [0.29, 0.717) is 11.4 Å². The van der Waals surface area contributed by atoms with E-state index in [1.807, 2.05) is 42.5 Å². The maximum atomic E-state index is 14.1. The Balaban J connectivity index is 1.31. The Kier molecular flexibility index (Phi) is 6.43. The molecular formula is C30H33N3O5. The largest absolute Gasteiger partial charge is 0.497 e. The average Bonchev–Trinajstić information content (AvgIpc) is 3.57. The number of amides is 3. The van der Waals surface area contributed by atoms with Crippen LogP contribution in [0.25, 0.3) is 0 Å². The molecule has 8 nitrogen and oxygen atoms in total. The molecule has 6 rings (SSSR count). The lowest BCUT2D eigenvalue weighted by molar-refractivity contribution is -0.142. The average molecular weight is 516 g/mol. The first-order chi connectivity index (χ1) is 18.5. The summed E-state index contributed by atoms with van der Waals surface area (Å²) in [5.41, 5.74) is 0.322. The standard InChI is InChI=1S/C30H33N3O5/c1-37-22-14-8-13-21(17-22)32-27(34)24-23-15-16-30(38-23)25(24)29(36)33(18-19-9-4-2-5-10-19)26(30)28(35)31-20-11-6-3-7-12-20/h2,4-5,8-10,13-17,20,23-26H,3,6-7,11-12,18H2,1H3,(H,31,35)(H,32,34)/t23-,24+,25-,26-,30-/m0/s1. The molecule has 5 atom stereocenters. The van der Waals surface area contributed by atoms with Gasteiger partial charge in [0.05, 0.1) is 25.0 Å². The number of nitrogens with one attached hydrogen (secondary N) is 2. The molecule has 3 heterocycles. The zero-order chi connectivity index (χ0) is 26.3. The van der Waals surface area contributed by atoms with Gasteiger partial charge in [-0.2, -0.15) is 0 Å². The number of nitrogens with zero attached hydrogens (tertiary/aromatic N) is 1. The van der Waals surface area contributed by atoms with Crippen LogP contribution in [0.4, 0.5) is 5.69 Å². The second-order valence-electron chi connectivity index (χ2n) is 10.7. The highest BCUT2D eigenvalue weighted by Gasteiger charge is 2.72. The van der Waals surface area contributed by atoms with Crippen LogP contribution in [0.1, 0.15) is 37.7 Å². The molecule has 2 bridgehead atoms. The molecule has 3 fully saturated rings. The molecule has 2 aromatic rings. The molecule has 3 amide bonds. The van der Waals surface area contributed by atoms with Gasteiger partial charge in [-0.3, -0.25) is 14.4 Å². The summed E-state index contributed by atoms with van der Waals surface area (Å²) in [4.78, 5) is 43.2. The summed E-state index contributed by atoms with van der Waals surface area (Å²) in [7, 11) is 1.57. The SMILES string of the molecule is COc1cccc(NC(=O)[C@@H]2[C@@H]3C=C[C@]4(O3)[C@@H]2C(=O)N(Cc2ccccc2)[C@H]4C(=O)NC2CCCCC2)c1. The van der Waals surface area contributed by atoms with Gasteiger partial charge in [0.25, 0.3) is 0 Å². The van der Waals surface area contributed by atoms with Gasteiger partial charge < -0.3 is 25.0 Å². The number of carbonyl (C=O) groups is 3. The number of benzene rings is 2. The molecule has 1 saturated carbocycles. The fourth-order valence-electron chi connectivity index (χ4n) is 6.67. The third-order valence-corrected chi connectivity index (χ3v) is 8.41. The Morgan fingerprint density at radius 3 is 2.61 bits per heavy atom. The van der Waals surface area contributed by atoms with E-state index in [0.717, 1.165) is 31.2 Å². The minimum absolute atomic E-state index is 0.0927. The Bertz CT molecular complexity index is 1260. The van der Waals surface area contributed by atoms with Gasteiger partial charge in [-0.05, 0) is 30.5 Å². The molecule has 0 unspecified atom stereocenters. The Hall–Kier alpha value is -3.65. The van der Waals surface area contributed by atoms with Crippen molar-refractivity contribution in [1.82, 2.24) is 10.2 Å². The van der Waals surface area contributed by atoms with Gasteiger partial charge in [-0.1, -0.05) is 67.8 Å². The van der Waals surface area contributed by atoms with Crippen molar-refractivity contribution in [3.8, 4) is 5.75 Å². The Morgan fingerprint density at radius 1 is 1.05 bits per heavy atom. The second kappa shape index (κ2) is 9.91. The third kappa shape index (κ3) is 4.17.